The van der Waals surface area contributed by atoms with Gasteiger partial charge in [-0.2, -0.15) is 0 Å². The SMILES string of the molecule is Cl.NC1(c2cccc(Cl)c2)CCOCC1. The van der Waals surface area contributed by atoms with Gasteiger partial charge in [0.1, 0.15) is 0 Å². The van der Waals surface area contributed by atoms with Crippen LogP contribution in [0.4, 0.5) is 0 Å². The number of benzene rings is 1. The van der Waals surface area contributed by atoms with Gasteiger partial charge < -0.3 is 10.5 Å². The summed E-state index contributed by atoms with van der Waals surface area (Å²) in [6, 6.07) is 7.81. The molecule has 0 amide bonds. The third-order valence-electron chi connectivity index (χ3n) is 2.78. The van der Waals surface area contributed by atoms with Crippen molar-refractivity contribution in [3.05, 3.63) is 34.9 Å². The summed E-state index contributed by atoms with van der Waals surface area (Å²) in [6.45, 7) is 1.48. The van der Waals surface area contributed by atoms with Crippen molar-refractivity contribution in [3.8, 4) is 0 Å². The van der Waals surface area contributed by atoms with E-state index in [-0.39, 0.29) is 17.9 Å². The maximum absolute atomic E-state index is 6.31. The van der Waals surface area contributed by atoms with Crippen molar-refractivity contribution in [2.24, 2.45) is 5.73 Å². The molecule has 0 aromatic heterocycles. The van der Waals surface area contributed by atoms with Gasteiger partial charge in [0.25, 0.3) is 0 Å². The first-order valence-electron chi connectivity index (χ1n) is 4.83. The summed E-state index contributed by atoms with van der Waals surface area (Å²) in [7, 11) is 0. The molecule has 1 saturated heterocycles. The Morgan fingerprint density at radius 2 is 1.93 bits per heavy atom. The van der Waals surface area contributed by atoms with Gasteiger partial charge in [-0.3, -0.25) is 0 Å². The molecule has 1 fully saturated rings. The number of nitrogens with two attached hydrogens (primary N) is 1. The molecule has 2 N–H and O–H groups in total. The largest absolute Gasteiger partial charge is 0.381 e. The lowest BCUT2D eigenvalue weighted by molar-refractivity contribution is 0.0522. The van der Waals surface area contributed by atoms with Crippen LogP contribution in [-0.4, -0.2) is 13.2 Å². The molecular formula is C11H15Cl2NO. The van der Waals surface area contributed by atoms with Crippen LogP contribution < -0.4 is 5.73 Å². The van der Waals surface area contributed by atoms with Crippen molar-refractivity contribution in [2.75, 3.05) is 13.2 Å². The van der Waals surface area contributed by atoms with Crippen LogP contribution in [0.25, 0.3) is 0 Å². The van der Waals surface area contributed by atoms with Crippen LogP contribution in [0.15, 0.2) is 24.3 Å². The standard InChI is InChI=1S/C11H14ClNO.ClH/c12-10-3-1-2-9(8-10)11(13)4-6-14-7-5-11;/h1-3,8H,4-7,13H2;1H. The van der Waals surface area contributed by atoms with Gasteiger partial charge in [0, 0.05) is 23.8 Å². The number of hydrogen-bond acceptors (Lipinski definition) is 2. The predicted molar refractivity (Wildman–Crippen MR) is 64.6 cm³/mol. The van der Waals surface area contributed by atoms with E-state index in [1.807, 2.05) is 24.3 Å². The summed E-state index contributed by atoms with van der Waals surface area (Å²) in [6.07, 6.45) is 1.74. The zero-order chi connectivity index (χ0) is 10.0. The molecular weight excluding hydrogens is 233 g/mol. The first kappa shape index (κ1) is 12.8. The highest BCUT2D eigenvalue weighted by Crippen LogP contribution is 2.30. The first-order chi connectivity index (χ1) is 6.71. The maximum Gasteiger partial charge on any atom is 0.0486 e. The molecule has 1 heterocycles. The Morgan fingerprint density at radius 3 is 2.53 bits per heavy atom. The number of rotatable bonds is 1. The van der Waals surface area contributed by atoms with Gasteiger partial charge in [0.05, 0.1) is 0 Å². The molecule has 0 spiro atoms. The van der Waals surface area contributed by atoms with E-state index in [9.17, 15) is 0 Å². The lowest BCUT2D eigenvalue weighted by Crippen LogP contribution is -2.42. The van der Waals surface area contributed by atoms with E-state index in [1.165, 1.54) is 0 Å². The van der Waals surface area contributed by atoms with Crippen molar-refractivity contribution in [1.82, 2.24) is 0 Å². The summed E-state index contributed by atoms with van der Waals surface area (Å²) in [4.78, 5) is 0. The van der Waals surface area contributed by atoms with E-state index in [2.05, 4.69) is 0 Å². The monoisotopic (exact) mass is 247 g/mol. The summed E-state index contributed by atoms with van der Waals surface area (Å²) >= 11 is 5.94. The third-order valence-corrected chi connectivity index (χ3v) is 3.02. The average molecular weight is 248 g/mol. The molecule has 0 aliphatic carbocycles. The van der Waals surface area contributed by atoms with Crippen LogP contribution in [-0.2, 0) is 10.3 Å². The minimum atomic E-state index is -0.247. The topological polar surface area (TPSA) is 35.2 Å². The molecule has 4 heteroatoms. The van der Waals surface area contributed by atoms with Gasteiger partial charge in [-0.15, -0.1) is 12.4 Å². The summed E-state index contributed by atoms with van der Waals surface area (Å²) < 4.78 is 5.30. The second kappa shape index (κ2) is 5.17. The summed E-state index contributed by atoms with van der Waals surface area (Å²) in [5.74, 6) is 0. The van der Waals surface area contributed by atoms with E-state index in [0.717, 1.165) is 36.6 Å². The number of ether oxygens (including phenoxy) is 1. The van der Waals surface area contributed by atoms with E-state index < -0.39 is 0 Å². The molecule has 2 nitrogen and oxygen atoms in total. The average Bonchev–Trinajstić information content (AvgIpc) is 2.19. The second-order valence-corrected chi connectivity index (χ2v) is 4.22. The molecule has 2 rings (SSSR count). The molecule has 1 aliphatic rings. The molecule has 0 unspecified atom stereocenters. The summed E-state index contributed by atoms with van der Waals surface area (Å²) in [5.41, 5.74) is 7.18. The van der Waals surface area contributed by atoms with Crippen molar-refractivity contribution in [2.45, 2.75) is 18.4 Å². The Bertz CT molecular complexity index is 324. The highest BCUT2D eigenvalue weighted by atomic mass is 35.5. The Kier molecular flexibility index (Phi) is 4.41. The molecule has 1 aliphatic heterocycles. The van der Waals surface area contributed by atoms with Gasteiger partial charge in [-0.1, -0.05) is 23.7 Å². The Labute approximate surface area is 101 Å². The van der Waals surface area contributed by atoms with E-state index in [4.69, 9.17) is 22.1 Å². The molecule has 15 heavy (non-hydrogen) atoms. The maximum atomic E-state index is 6.31. The van der Waals surface area contributed by atoms with Crippen LogP contribution in [0, 0.1) is 0 Å². The van der Waals surface area contributed by atoms with Crippen LogP contribution in [0.2, 0.25) is 5.02 Å². The third kappa shape index (κ3) is 2.85. The van der Waals surface area contributed by atoms with Gasteiger partial charge in [-0.25, -0.2) is 0 Å². The van der Waals surface area contributed by atoms with Gasteiger partial charge in [-0.05, 0) is 30.5 Å². The fraction of sp³-hybridized carbons (Fsp3) is 0.455. The second-order valence-electron chi connectivity index (χ2n) is 3.78. The predicted octanol–water partition coefficient (Wildman–Crippen LogP) is 2.73. The lowest BCUT2D eigenvalue weighted by atomic mass is 9.84. The van der Waals surface area contributed by atoms with Crippen molar-refractivity contribution in [1.29, 1.82) is 0 Å². The molecule has 0 radical (unpaired) electrons. The molecule has 84 valence electrons. The first-order valence-corrected chi connectivity index (χ1v) is 5.21. The fourth-order valence-electron chi connectivity index (χ4n) is 1.82. The van der Waals surface area contributed by atoms with E-state index in [0.29, 0.717) is 0 Å². The minimum absolute atomic E-state index is 0. The van der Waals surface area contributed by atoms with Gasteiger partial charge >= 0.3 is 0 Å². The zero-order valence-corrected chi connectivity index (χ0v) is 9.98. The molecule has 0 atom stereocenters. The highest BCUT2D eigenvalue weighted by Gasteiger charge is 2.29. The number of hydrogen-bond donors (Lipinski definition) is 1. The smallest absolute Gasteiger partial charge is 0.0486 e. The van der Waals surface area contributed by atoms with Crippen LogP contribution in [0.5, 0.6) is 0 Å². The van der Waals surface area contributed by atoms with Crippen LogP contribution in [0.1, 0.15) is 18.4 Å². The summed E-state index contributed by atoms with van der Waals surface area (Å²) in [5, 5.41) is 0.749. The van der Waals surface area contributed by atoms with Crippen molar-refractivity contribution in [3.63, 3.8) is 0 Å². The minimum Gasteiger partial charge on any atom is -0.381 e. The van der Waals surface area contributed by atoms with E-state index >= 15 is 0 Å². The van der Waals surface area contributed by atoms with Crippen molar-refractivity contribution < 1.29 is 4.74 Å². The number of halogens is 2. The Balaban J connectivity index is 0.00000112. The Hall–Kier alpha value is -0.280. The molecule has 1 aromatic carbocycles. The highest BCUT2D eigenvalue weighted by molar-refractivity contribution is 6.30. The normalized spacial score (nSPS) is 19.3. The Morgan fingerprint density at radius 1 is 1.27 bits per heavy atom. The van der Waals surface area contributed by atoms with Gasteiger partial charge in [0.2, 0.25) is 0 Å². The van der Waals surface area contributed by atoms with E-state index in [1.54, 1.807) is 0 Å². The van der Waals surface area contributed by atoms with Crippen molar-refractivity contribution >= 4 is 24.0 Å². The van der Waals surface area contributed by atoms with Crippen LogP contribution in [0.3, 0.4) is 0 Å². The van der Waals surface area contributed by atoms with Crippen LogP contribution >= 0.6 is 24.0 Å². The molecule has 0 bridgehead atoms. The lowest BCUT2D eigenvalue weighted by Gasteiger charge is -2.33. The molecule has 0 saturated carbocycles. The molecule has 1 aromatic rings. The zero-order valence-electron chi connectivity index (χ0n) is 8.41. The fourth-order valence-corrected chi connectivity index (χ4v) is 2.01. The van der Waals surface area contributed by atoms with Gasteiger partial charge in [0.15, 0.2) is 0 Å². The quantitative estimate of drug-likeness (QED) is 0.829.